The molecule has 2 aliphatic heterocycles. The minimum absolute atomic E-state index is 0.151. The number of alkyl halides is 3. The van der Waals surface area contributed by atoms with Gasteiger partial charge in [-0.1, -0.05) is 6.07 Å². The van der Waals surface area contributed by atoms with Gasteiger partial charge in [-0.05, 0) is 43.5 Å². The van der Waals surface area contributed by atoms with Crippen LogP contribution in [-0.4, -0.2) is 52.8 Å². The molecule has 2 aromatic rings. The van der Waals surface area contributed by atoms with E-state index >= 15 is 0 Å². The van der Waals surface area contributed by atoms with Gasteiger partial charge in [-0.15, -0.1) is 0 Å². The summed E-state index contributed by atoms with van der Waals surface area (Å²) >= 11 is 0. The standard InChI is InChI=1S/C20H19F3N6O2/c21-20(22,23)19(7-8-19)27-17(30)13-4-5-14-16(25-13)29(12-6-10-28(14)11-12)18(31)26-15-3-1-2-9-24-15/h1-5,9,12H,6-8,10-11H2,(H,27,30)(H,24,26,31). The Hall–Kier alpha value is -3.37. The minimum atomic E-state index is -4.52. The van der Waals surface area contributed by atoms with Gasteiger partial charge in [-0.2, -0.15) is 13.2 Å². The number of fused-ring (bicyclic) bond motifs is 4. The van der Waals surface area contributed by atoms with Crippen molar-refractivity contribution in [1.29, 1.82) is 0 Å². The van der Waals surface area contributed by atoms with E-state index in [1.54, 1.807) is 30.5 Å². The molecule has 162 valence electrons. The average molecular weight is 432 g/mol. The Labute approximate surface area is 175 Å². The van der Waals surface area contributed by atoms with Crippen molar-refractivity contribution in [3.63, 3.8) is 0 Å². The Balaban J connectivity index is 1.44. The van der Waals surface area contributed by atoms with Crippen LogP contribution >= 0.6 is 0 Å². The van der Waals surface area contributed by atoms with E-state index in [1.807, 2.05) is 0 Å². The van der Waals surface area contributed by atoms with Gasteiger partial charge in [0.25, 0.3) is 5.91 Å². The summed E-state index contributed by atoms with van der Waals surface area (Å²) in [5.41, 5.74) is -1.67. The first-order chi connectivity index (χ1) is 14.8. The van der Waals surface area contributed by atoms with E-state index in [9.17, 15) is 22.8 Å². The van der Waals surface area contributed by atoms with E-state index < -0.39 is 23.7 Å². The highest BCUT2D eigenvalue weighted by atomic mass is 19.4. The first-order valence-electron chi connectivity index (χ1n) is 9.94. The lowest BCUT2D eigenvalue weighted by Gasteiger charge is -2.35. The number of rotatable bonds is 3. The number of hydrogen-bond acceptors (Lipinski definition) is 5. The van der Waals surface area contributed by atoms with E-state index in [1.165, 1.54) is 11.0 Å². The van der Waals surface area contributed by atoms with Crippen LogP contribution in [0, 0.1) is 0 Å². The van der Waals surface area contributed by atoms with Crippen molar-refractivity contribution >= 4 is 29.3 Å². The molecule has 0 spiro atoms. The fourth-order valence-electron chi connectivity index (χ4n) is 4.09. The summed E-state index contributed by atoms with van der Waals surface area (Å²) in [6.45, 7) is 1.34. The third-order valence-corrected chi connectivity index (χ3v) is 5.95. The summed E-state index contributed by atoms with van der Waals surface area (Å²) < 4.78 is 39.7. The number of pyridine rings is 2. The Bertz CT molecular complexity index is 1040. The fraction of sp³-hybridized carbons (Fsp3) is 0.400. The Kier molecular flexibility index (Phi) is 4.31. The van der Waals surface area contributed by atoms with Crippen LogP contribution in [0.3, 0.4) is 0 Å². The highest BCUT2D eigenvalue weighted by Gasteiger charge is 2.64. The predicted molar refractivity (Wildman–Crippen MR) is 106 cm³/mol. The minimum Gasteiger partial charge on any atom is -0.366 e. The summed E-state index contributed by atoms with van der Waals surface area (Å²) in [5, 5.41) is 4.80. The molecule has 0 radical (unpaired) electrons. The van der Waals surface area contributed by atoms with Crippen molar-refractivity contribution < 1.29 is 22.8 Å². The number of carbonyl (C=O) groups is 2. The first-order valence-corrected chi connectivity index (χ1v) is 9.94. The SMILES string of the molecule is O=C(NC1(C(F)(F)F)CC1)c1ccc2c(n1)N(C(=O)Nc1ccccn1)C1CCN2C1. The van der Waals surface area contributed by atoms with Crippen molar-refractivity contribution in [1.82, 2.24) is 15.3 Å². The molecule has 5 rings (SSSR count). The van der Waals surface area contributed by atoms with Crippen LogP contribution in [-0.2, 0) is 0 Å². The number of amides is 3. The van der Waals surface area contributed by atoms with Crippen LogP contribution in [0.4, 0.5) is 35.3 Å². The zero-order valence-corrected chi connectivity index (χ0v) is 16.3. The number of hydrogen-bond donors (Lipinski definition) is 2. The quantitative estimate of drug-likeness (QED) is 0.779. The maximum absolute atomic E-state index is 13.2. The zero-order valence-electron chi connectivity index (χ0n) is 16.3. The van der Waals surface area contributed by atoms with Crippen LogP contribution in [0.2, 0.25) is 0 Å². The van der Waals surface area contributed by atoms with E-state index in [0.29, 0.717) is 24.5 Å². The van der Waals surface area contributed by atoms with Gasteiger partial charge in [0, 0.05) is 19.3 Å². The molecule has 1 saturated carbocycles. The van der Waals surface area contributed by atoms with Crippen molar-refractivity contribution in [2.75, 3.05) is 28.2 Å². The topological polar surface area (TPSA) is 90.5 Å². The zero-order chi connectivity index (χ0) is 21.8. The van der Waals surface area contributed by atoms with Gasteiger partial charge >= 0.3 is 12.2 Å². The lowest BCUT2D eigenvalue weighted by molar-refractivity contribution is -0.163. The second-order valence-corrected chi connectivity index (χ2v) is 7.98. The predicted octanol–water partition coefficient (Wildman–Crippen LogP) is 2.93. The molecule has 2 fully saturated rings. The van der Waals surface area contributed by atoms with Crippen LogP contribution in [0.5, 0.6) is 0 Å². The molecule has 0 aromatic carbocycles. The number of halogens is 3. The second kappa shape index (κ2) is 6.82. The fourth-order valence-corrected chi connectivity index (χ4v) is 4.09. The average Bonchev–Trinajstić information content (AvgIpc) is 3.42. The van der Waals surface area contributed by atoms with Gasteiger partial charge in [-0.3, -0.25) is 15.0 Å². The number of anilines is 3. The van der Waals surface area contributed by atoms with Crippen molar-refractivity contribution in [2.24, 2.45) is 0 Å². The maximum atomic E-state index is 13.2. The van der Waals surface area contributed by atoms with Gasteiger partial charge in [0.05, 0.1) is 11.7 Å². The summed E-state index contributed by atoms with van der Waals surface area (Å²) in [4.78, 5) is 37.5. The molecule has 8 nitrogen and oxygen atoms in total. The normalized spacial score (nSPS) is 20.8. The molecule has 11 heteroatoms. The Morgan fingerprint density at radius 1 is 1.16 bits per heavy atom. The van der Waals surface area contributed by atoms with Gasteiger partial charge in [0.2, 0.25) is 0 Å². The summed E-state index contributed by atoms with van der Waals surface area (Å²) in [5.74, 6) is -0.286. The molecule has 3 amide bonds. The van der Waals surface area contributed by atoms with Crippen molar-refractivity contribution in [2.45, 2.75) is 37.0 Å². The molecule has 2 bridgehead atoms. The summed E-state index contributed by atoms with van der Waals surface area (Å²) in [7, 11) is 0. The summed E-state index contributed by atoms with van der Waals surface area (Å²) in [6.07, 6.45) is -2.56. The molecule has 2 aromatic heterocycles. The maximum Gasteiger partial charge on any atom is 0.411 e. The van der Waals surface area contributed by atoms with E-state index in [4.69, 9.17) is 0 Å². The summed E-state index contributed by atoms with van der Waals surface area (Å²) in [6, 6.07) is 7.52. The van der Waals surface area contributed by atoms with Crippen molar-refractivity contribution in [3.8, 4) is 0 Å². The van der Waals surface area contributed by atoms with E-state index in [0.717, 1.165) is 6.54 Å². The van der Waals surface area contributed by atoms with Gasteiger partial charge in [-0.25, -0.2) is 14.8 Å². The van der Waals surface area contributed by atoms with Gasteiger partial charge in [0.1, 0.15) is 17.1 Å². The molecular weight excluding hydrogens is 413 g/mol. The Morgan fingerprint density at radius 2 is 1.97 bits per heavy atom. The smallest absolute Gasteiger partial charge is 0.366 e. The lowest BCUT2D eigenvalue weighted by Crippen LogP contribution is -2.49. The molecule has 3 aliphatic rings. The van der Waals surface area contributed by atoms with E-state index in [2.05, 4.69) is 25.5 Å². The van der Waals surface area contributed by atoms with E-state index in [-0.39, 0.29) is 30.4 Å². The van der Waals surface area contributed by atoms with Gasteiger partial charge < -0.3 is 10.2 Å². The number of aromatic nitrogens is 2. The molecule has 1 unspecified atom stereocenters. The van der Waals surface area contributed by atoms with Crippen molar-refractivity contribution in [3.05, 3.63) is 42.2 Å². The van der Waals surface area contributed by atoms with Crippen LogP contribution in [0.15, 0.2) is 36.5 Å². The molecule has 1 aliphatic carbocycles. The number of nitrogens with one attached hydrogen (secondary N) is 2. The highest BCUT2D eigenvalue weighted by Crippen LogP contribution is 2.49. The molecule has 1 atom stereocenters. The third-order valence-electron chi connectivity index (χ3n) is 5.95. The lowest BCUT2D eigenvalue weighted by atomic mass is 10.1. The molecular formula is C20H19F3N6O2. The van der Waals surface area contributed by atoms with Crippen LogP contribution in [0.25, 0.3) is 0 Å². The largest absolute Gasteiger partial charge is 0.411 e. The third kappa shape index (κ3) is 3.33. The molecule has 31 heavy (non-hydrogen) atoms. The molecule has 1 saturated heterocycles. The van der Waals surface area contributed by atoms with Crippen LogP contribution in [0.1, 0.15) is 29.8 Å². The number of urea groups is 1. The van der Waals surface area contributed by atoms with Gasteiger partial charge in [0.15, 0.2) is 5.82 Å². The van der Waals surface area contributed by atoms with Crippen LogP contribution < -0.4 is 20.4 Å². The molecule has 4 heterocycles. The highest BCUT2D eigenvalue weighted by molar-refractivity contribution is 6.05. The Morgan fingerprint density at radius 3 is 2.65 bits per heavy atom. The first kappa shape index (κ1) is 19.6. The second-order valence-electron chi connectivity index (χ2n) is 7.98. The number of nitrogens with zero attached hydrogens (tertiary/aromatic N) is 4. The monoisotopic (exact) mass is 432 g/mol. The molecule has 2 N–H and O–H groups in total. The number of carbonyl (C=O) groups excluding carboxylic acids is 2.